The van der Waals surface area contributed by atoms with Crippen molar-refractivity contribution in [3.8, 4) is 0 Å². The van der Waals surface area contributed by atoms with Gasteiger partial charge in [-0.1, -0.05) is 74.3 Å². The first kappa shape index (κ1) is 29.2. The van der Waals surface area contributed by atoms with Crippen molar-refractivity contribution in [1.82, 2.24) is 10.2 Å². The maximum Gasteiger partial charge on any atom is 0.265 e. The molecule has 1 atom stereocenters. The molecule has 1 aliphatic rings. The second-order valence-electron chi connectivity index (χ2n) is 10.1. The van der Waals surface area contributed by atoms with Crippen LogP contribution >= 0.6 is 23.2 Å². The molecule has 0 spiro atoms. The smallest absolute Gasteiger partial charge is 0.265 e. The molecule has 3 aromatic rings. The summed E-state index contributed by atoms with van der Waals surface area (Å²) in [5, 5.41) is 5.39. The van der Waals surface area contributed by atoms with Crippen LogP contribution in [0.2, 0.25) is 10.0 Å². The topological polar surface area (TPSA) is 86.8 Å². The first-order chi connectivity index (χ1) is 18.5. The average Bonchev–Trinajstić information content (AvgIpc) is 3.11. The van der Waals surface area contributed by atoms with Crippen LogP contribution in [0.3, 0.4) is 0 Å². The van der Waals surface area contributed by atoms with E-state index in [-0.39, 0.29) is 48.6 Å². The number of nitrogens with zero attached hydrogens (tertiary/aromatic N) is 2. The number of hydrogen-bond acceptors (Lipinski definition) is 4. The lowest BCUT2D eigenvalue weighted by Gasteiger charge is -2.31. The van der Waals surface area contributed by atoms with Crippen LogP contribution in [-0.4, -0.2) is 44.3 Å². The summed E-state index contributed by atoms with van der Waals surface area (Å²) < 4.78 is 28.0. The Morgan fingerprint density at radius 3 is 2.44 bits per heavy atom. The molecular weight excluding hydrogens is 557 g/mol. The van der Waals surface area contributed by atoms with Crippen molar-refractivity contribution in [2.75, 3.05) is 17.4 Å². The summed E-state index contributed by atoms with van der Waals surface area (Å²) in [7, 11) is -3.71. The van der Waals surface area contributed by atoms with Gasteiger partial charge in [0.05, 0.1) is 10.6 Å². The average molecular weight is 591 g/mol. The maximum atomic E-state index is 13.6. The number of halogens is 2. The van der Waals surface area contributed by atoms with E-state index in [9.17, 15) is 18.0 Å². The van der Waals surface area contributed by atoms with Crippen LogP contribution in [0.5, 0.6) is 0 Å². The molecule has 4 rings (SSSR count). The first-order valence-electron chi connectivity index (χ1n) is 13.1. The van der Waals surface area contributed by atoms with Gasteiger partial charge in [0, 0.05) is 41.5 Å². The minimum absolute atomic E-state index is 0.0670. The van der Waals surface area contributed by atoms with Gasteiger partial charge in [-0.25, -0.2) is 8.42 Å². The summed E-state index contributed by atoms with van der Waals surface area (Å²) in [5.41, 5.74) is 1.30. The highest BCUT2D eigenvalue weighted by Gasteiger charge is 2.35. The molecule has 7 nitrogen and oxygen atoms in total. The number of sulfonamides is 1. The largest absolute Gasteiger partial charge is 0.354 e. The zero-order chi connectivity index (χ0) is 28.3. The Bertz CT molecular complexity index is 1490. The number of hydrogen-bond donors (Lipinski definition) is 1. The van der Waals surface area contributed by atoms with Crippen molar-refractivity contribution in [2.24, 2.45) is 5.92 Å². The van der Waals surface area contributed by atoms with E-state index in [0.717, 1.165) is 5.39 Å². The zero-order valence-electron chi connectivity index (χ0n) is 22.3. The van der Waals surface area contributed by atoms with Crippen molar-refractivity contribution >= 4 is 61.5 Å². The Morgan fingerprint density at radius 1 is 1.05 bits per heavy atom. The number of rotatable bonds is 11. The van der Waals surface area contributed by atoms with Gasteiger partial charge in [-0.2, -0.15) is 0 Å². The lowest BCUT2D eigenvalue weighted by atomic mass is 10.1. The Morgan fingerprint density at radius 2 is 1.77 bits per heavy atom. The molecule has 2 amide bonds. The molecule has 3 aromatic carbocycles. The summed E-state index contributed by atoms with van der Waals surface area (Å²) in [6.07, 6.45) is 0.771. The van der Waals surface area contributed by atoms with Gasteiger partial charge < -0.3 is 10.2 Å². The van der Waals surface area contributed by atoms with E-state index in [1.807, 2.05) is 39.0 Å². The van der Waals surface area contributed by atoms with Crippen LogP contribution in [0, 0.1) is 5.92 Å². The maximum absolute atomic E-state index is 13.6. The van der Waals surface area contributed by atoms with E-state index in [0.29, 0.717) is 39.6 Å². The van der Waals surface area contributed by atoms with E-state index in [1.165, 1.54) is 4.31 Å². The van der Waals surface area contributed by atoms with Crippen molar-refractivity contribution in [2.45, 2.75) is 57.5 Å². The molecule has 208 valence electrons. The summed E-state index contributed by atoms with van der Waals surface area (Å²) in [4.78, 5) is 28.6. The molecule has 0 saturated heterocycles. The quantitative estimate of drug-likeness (QED) is 0.296. The predicted molar refractivity (Wildman–Crippen MR) is 157 cm³/mol. The molecule has 10 heteroatoms. The van der Waals surface area contributed by atoms with Gasteiger partial charge in [0.2, 0.25) is 11.8 Å². The number of carbonyl (C=O) groups is 2. The molecule has 0 aromatic heterocycles. The molecule has 1 heterocycles. The van der Waals surface area contributed by atoms with Gasteiger partial charge in [0.25, 0.3) is 10.0 Å². The van der Waals surface area contributed by atoms with Crippen LogP contribution in [-0.2, 0) is 26.2 Å². The van der Waals surface area contributed by atoms with Crippen molar-refractivity contribution in [3.05, 3.63) is 70.2 Å². The molecule has 1 aliphatic heterocycles. The van der Waals surface area contributed by atoms with Crippen LogP contribution in [0.15, 0.2) is 59.5 Å². The third-order valence-electron chi connectivity index (χ3n) is 6.86. The minimum Gasteiger partial charge on any atom is -0.354 e. The molecule has 0 bridgehead atoms. The lowest BCUT2D eigenvalue weighted by Crippen LogP contribution is -2.49. The number of anilines is 1. The Kier molecular flexibility index (Phi) is 9.09. The molecule has 0 fully saturated rings. The van der Waals surface area contributed by atoms with Gasteiger partial charge in [-0.3, -0.25) is 13.9 Å². The Labute approximate surface area is 240 Å². The molecular formula is C29H33Cl2N3O4S. The van der Waals surface area contributed by atoms with Crippen LogP contribution in [0.25, 0.3) is 10.8 Å². The normalized spacial score (nSPS) is 14.6. The predicted octanol–water partition coefficient (Wildman–Crippen LogP) is 6.02. The lowest BCUT2D eigenvalue weighted by molar-refractivity contribution is -0.141. The third kappa shape index (κ3) is 6.18. The van der Waals surface area contributed by atoms with Gasteiger partial charge in [-0.05, 0) is 54.0 Å². The zero-order valence-corrected chi connectivity index (χ0v) is 24.6. The minimum atomic E-state index is -3.71. The Hall–Kier alpha value is -2.81. The first-order valence-corrected chi connectivity index (χ1v) is 15.3. The molecule has 0 saturated carbocycles. The second kappa shape index (κ2) is 12.1. The molecule has 39 heavy (non-hydrogen) atoms. The van der Waals surface area contributed by atoms with E-state index in [4.69, 9.17) is 23.2 Å². The van der Waals surface area contributed by atoms with Crippen molar-refractivity contribution in [1.29, 1.82) is 0 Å². The van der Waals surface area contributed by atoms with Gasteiger partial charge in [0.1, 0.15) is 6.04 Å². The third-order valence-corrected chi connectivity index (χ3v) is 9.30. The standard InChI is InChI=1S/C29H33Cl2N3O4S/c1-4-24(29(36)32-17-19(2)3)33(18-21-13-14-22(30)16-23(21)31)27(35)12-7-15-34-25-10-5-8-20-9-6-11-26(28(20)25)39(34,37)38/h5-6,8-11,13-14,16,19,24H,4,7,12,15,17-18H2,1-3H3,(H,32,36). The number of nitrogens with one attached hydrogen (secondary N) is 1. The van der Waals surface area contributed by atoms with Crippen molar-refractivity contribution in [3.63, 3.8) is 0 Å². The fraction of sp³-hybridized carbons (Fsp3) is 0.379. The molecule has 0 radical (unpaired) electrons. The fourth-order valence-corrected chi connectivity index (χ4v) is 7.11. The number of carbonyl (C=O) groups excluding carboxylic acids is 2. The second-order valence-corrected chi connectivity index (χ2v) is 12.8. The molecule has 1 N–H and O–H groups in total. The highest BCUT2D eigenvalue weighted by atomic mass is 35.5. The van der Waals surface area contributed by atoms with Crippen LogP contribution < -0.4 is 9.62 Å². The molecule has 0 aliphatic carbocycles. The number of benzene rings is 3. The van der Waals surface area contributed by atoms with E-state index >= 15 is 0 Å². The van der Waals surface area contributed by atoms with Gasteiger partial charge >= 0.3 is 0 Å². The van der Waals surface area contributed by atoms with E-state index < -0.39 is 16.1 Å². The van der Waals surface area contributed by atoms with Gasteiger partial charge in [-0.15, -0.1) is 0 Å². The number of amides is 2. The summed E-state index contributed by atoms with van der Waals surface area (Å²) in [6.45, 7) is 6.64. The SMILES string of the molecule is CCC(C(=O)NCC(C)C)N(Cc1ccc(Cl)cc1Cl)C(=O)CCCN1c2cccc3cccc(c23)S1(=O)=O. The molecule has 1 unspecified atom stereocenters. The highest BCUT2D eigenvalue weighted by Crippen LogP contribution is 2.42. The van der Waals surface area contributed by atoms with Crippen LogP contribution in [0.4, 0.5) is 5.69 Å². The fourth-order valence-electron chi connectivity index (χ4n) is 4.89. The summed E-state index contributed by atoms with van der Waals surface area (Å²) in [5.74, 6) is -0.217. The monoisotopic (exact) mass is 589 g/mol. The van der Waals surface area contributed by atoms with E-state index in [2.05, 4.69) is 5.32 Å². The van der Waals surface area contributed by atoms with Gasteiger partial charge in [0.15, 0.2) is 0 Å². The highest BCUT2D eigenvalue weighted by molar-refractivity contribution is 7.93. The summed E-state index contributed by atoms with van der Waals surface area (Å²) >= 11 is 12.5. The Balaban J connectivity index is 1.53. The summed E-state index contributed by atoms with van der Waals surface area (Å²) in [6, 6.07) is 15.1. The van der Waals surface area contributed by atoms with E-state index in [1.54, 1.807) is 41.3 Å². The van der Waals surface area contributed by atoms with Crippen LogP contribution in [0.1, 0.15) is 45.6 Å². The van der Waals surface area contributed by atoms with Crippen molar-refractivity contribution < 1.29 is 18.0 Å².